The number of ether oxygens (including phenoxy) is 1. The minimum absolute atomic E-state index is 0.0625. The summed E-state index contributed by atoms with van der Waals surface area (Å²) in [6.45, 7) is 2.93. The third-order valence-corrected chi connectivity index (χ3v) is 4.46. The predicted octanol–water partition coefficient (Wildman–Crippen LogP) is 0.983. The average Bonchev–Trinajstić information content (AvgIpc) is 3.15. The molecule has 3 heterocycles. The predicted molar refractivity (Wildman–Crippen MR) is 81.5 cm³/mol. The largest absolute Gasteiger partial charge is 0.447 e. The first-order chi connectivity index (χ1) is 10.8. The van der Waals surface area contributed by atoms with Crippen molar-refractivity contribution >= 4 is 6.09 Å². The van der Waals surface area contributed by atoms with Gasteiger partial charge in [-0.05, 0) is 18.1 Å². The van der Waals surface area contributed by atoms with E-state index < -0.39 is 0 Å². The maximum absolute atomic E-state index is 12.3. The first-order valence-corrected chi connectivity index (χ1v) is 7.71. The van der Waals surface area contributed by atoms with Crippen LogP contribution in [0.25, 0.3) is 0 Å². The number of hydrogen-bond acceptors (Lipinski definition) is 5. The fourth-order valence-electron chi connectivity index (χ4n) is 3.39. The molecular weight excluding hydrogens is 280 g/mol. The Morgan fingerprint density at radius 2 is 2.09 bits per heavy atom. The van der Waals surface area contributed by atoms with Crippen LogP contribution in [-0.2, 0) is 11.2 Å². The summed E-state index contributed by atoms with van der Waals surface area (Å²) in [7, 11) is 0. The summed E-state index contributed by atoms with van der Waals surface area (Å²) in [5, 5.41) is 7.75. The highest BCUT2D eigenvalue weighted by atomic mass is 16.6. The number of amides is 1. The summed E-state index contributed by atoms with van der Waals surface area (Å²) in [6, 6.07) is 10.3. The lowest BCUT2D eigenvalue weighted by molar-refractivity contribution is -0.0504. The Balaban J connectivity index is 1.56. The Hall–Kier alpha value is -1.89. The molecule has 1 N–H and O–H groups in total. The first kappa shape index (κ1) is 13.8. The third kappa shape index (κ3) is 2.39. The highest BCUT2D eigenvalue weighted by Crippen LogP contribution is 2.26. The Morgan fingerprint density at radius 3 is 2.95 bits per heavy atom. The van der Waals surface area contributed by atoms with Crippen molar-refractivity contribution in [1.82, 2.24) is 20.2 Å². The van der Waals surface area contributed by atoms with Gasteiger partial charge < -0.3 is 4.74 Å². The van der Waals surface area contributed by atoms with Crippen LogP contribution in [0.2, 0.25) is 0 Å². The van der Waals surface area contributed by atoms with E-state index >= 15 is 0 Å². The zero-order valence-electron chi connectivity index (χ0n) is 12.4. The van der Waals surface area contributed by atoms with E-state index in [1.165, 1.54) is 5.56 Å². The van der Waals surface area contributed by atoms with Gasteiger partial charge in [-0.25, -0.2) is 14.8 Å². The Kier molecular flexibility index (Phi) is 3.57. The van der Waals surface area contributed by atoms with Gasteiger partial charge in [-0.2, -0.15) is 0 Å². The van der Waals surface area contributed by atoms with Crippen molar-refractivity contribution in [2.24, 2.45) is 0 Å². The van der Waals surface area contributed by atoms with Crippen LogP contribution in [0.15, 0.2) is 42.5 Å². The SMILES string of the molecule is O=C1OC[C@H](Cc2ccccc2)N1[C@@H]1C=CCN2CNCN12. The molecule has 0 saturated carbocycles. The quantitative estimate of drug-likeness (QED) is 0.844. The van der Waals surface area contributed by atoms with E-state index in [-0.39, 0.29) is 18.3 Å². The summed E-state index contributed by atoms with van der Waals surface area (Å²) in [5.74, 6) is 0. The lowest BCUT2D eigenvalue weighted by Crippen LogP contribution is -2.57. The van der Waals surface area contributed by atoms with E-state index in [1.807, 2.05) is 23.1 Å². The van der Waals surface area contributed by atoms with E-state index in [0.717, 1.165) is 26.3 Å². The summed E-state index contributed by atoms with van der Waals surface area (Å²) >= 11 is 0. The first-order valence-electron chi connectivity index (χ1n) is 7.71. The molecule has 22 heavy (non-hydrogen) atoms. The number of fused-ring (bicyclic) bond motifs is 1. The number of cyclic esters (lactones) is 1. The molecule has 2 fully saturated rings. The number of hydrazine groups is 1. The molecule has 0 aliphatic carbocycles. The van der Waals surface area contributed by atoms with Crippen LogP contribution in [0.5, 0.6) is 0 Å². The highest BCUT2D eigenvalue weighted by molar-refractivity contribution is 5.71. The fourth-order valence-corrected chi connectivity index (χ4v) is 3.39. The van der Waals surface area contributed by atoms with Crippen LogP contribution in [0.4, 0.5) is 4.79 Å². The highest BCUT2D eigenvalue weighted by Gasteiger charge is 2.43. The molecule has 6 heteroatoms. The third-order valence-electron chi connectivity index (χ3n) is 4.46. The Labute approximate surface area is 129 Å². The second kappa shape index (κ2) is 5.72. The summed E-state index contributed by atoms with van der Waals surface area (Å²) in [4.78, 5) is 14.1. The van der Waals surface area contributed by atoms with Crippen molar-refractivity contribution in [1.29, 1.82) is 0 Å². The van der Waals surface area contributed by atoms with Crippen molar-refractivity contribution < 1.29 is 9.53 Å². The van der Waals surface area contributed by atoms with E-state index in [2.05, 4.69) is 39.6 Å². The van der Waals surface area contributed by atoms with Gasteiger partial charge in [0, 0.05) is 6.54 Å². The molecule has 2 saturated heterocycles. The lowest BCUT2D eigenvalue weighted by Gasteiger charge is -2.40. The molecule has 4 rings (SSSR count). The second-order valence-corrected chi connectivity index (χ2v) is 5.86. The fraction of sp³-hybridized carbons (Fsp3) is 0.438. The van der Waals surface area contributed by atoms with Crippen molar-refractivity contribution in [2.75, 3.05) is 26.5 Å². The van der Waals surface area contributed by atoms with Gasteiger partial charge >= 0.3 is 6.09 Å². The maximum atomic E-state index is 12.3. The monoisotopic (exact) mass is 300 g/mol. The molecule has 6 nitrogen and oxygen atoms in total. The van der Waals surface area contributed by atoms with Gasteiger partial charge in [0.2, 0.25) is 0 Å². The second-order valence-electron chi connectivity index (χ2n) is 5.86. The van der Waals surface area contributed by atoms with Gasteiger partial charge in [-0.3, -0.25) is 10.2 Å². The van der Waals surface area contributed by atoms with Crippen LogP contribution >= 0.6 is 0 Å². The number of nitrogens with zero attached hydrogens (tertiary/aromatic N) is 3. The van der Waals surface area contributed by atoms with Crippen LogP contribution in [0, 0.1) is 0 Å². The molecule has 116 valence electrons. The van der Waals surface area contributed by atoms with Crippen molar-refractivity contribution in [2.45, 2.75) is 18.6 Å². The zero-order chi connectivity index (χ0) is 14.9. The van der Waals surface area contributed by atoms with Gasteiger partial charge in [-0.15, -0.1) is 0 Å². The number of benzene rings is 1. The molecule has 3 aliphatic rings. The minimum atomic E-state index is -0.218. The van der Waals surface area contributed by atoms with E-state index in [9.17, 15) is 4.79 Å². The number of carbonyl (C=O) groups excluding carboxylic acids is 1. The zero-order valence-corrected chi connectivity index (χ0v) is 12.4. The standard InChI is InChI=1S/C16H20N4O2/c21-16-20(15-7-4-8-18-11-17-12-19(15)18)14(10-22-16)9-13-5-2-1-3-6-13/h1-7,14-15,17H,8-12H2/t14-,15+/m0/s1. The number of carbonyl (C=O) groups is 1. The Morgan fingerprint density at radius 1 is 1.23 bits per heavy atom. The Bertz CT molecular complexity index is 577. The van der Waals surface area contributed by atoms with Gasteiger partial charge in [-0.1, -0.05) is 36.4 Å². The molecule has 0 spiro atoms. The summed E-state index contributed by atoms with van der Waals surface area (Å²) in [6.07, 6.45) is 4.77. The topological polar surface area (TPSA) is 48.1 Å². The van der Waals surface area contributed by atoms with Gasteiger partial charge in [0.05, 0.1) is 19.4 Å². The molecule has 2 atom stereocenters. The summed E-state index contributed by atoms with van der Waals surface area (Å²) in [5.41, 5.74) is 1.23. The van der Waals surface area contributed by atoms with Gasteiger partial charge in [0.15, 0.2) is 0 Å². The molecule has 3 aliphatic heterocycles. The summed E-state index contributed by atoms with van der Waals surface area (Å²) < 4.78 is 5.34. The lowest BCUT2D eigenvalue weighted by atomic mass is 10.1. The minimum Gasteiger partial charge on any atom is -0.447 e. The molecule has 1 aromatic carbocycles. The molecular formula is C16H20N4O2. The molecule has 0 bridgehead atoms. The van der Waals surface area contributed by atoms with Gasteiger partial charge in [0.25, 0.3) is 0 Å². The molecule has 1 aromatic rings. The number of nitrogens with one attached hydrogen (secondary N) is 1. The van der Waals surface area contributed by atoms with Crippen LogP contribution in [0.3, 0.4) is 0 Å². The van der Waals surface area contributed by atoms with Crippen molar-refractivity contribution in [3.05, 3.63) is 48.0 Å². The van der Waals surface area contributed by atoms with E-state index in [4.69, 9.17) is 4.74 Å². The smallest absolute Gasteiger partial charge is 0.411 e. The number of hydrogen-bond donors (Lipinski definition) is 1. The molecule has 0 aromatic heterocycles. The van der Waals surface area contributed by atoms with Crippen LogP contribution in [-0.4, -0.2) is 59.7 Å². The molecule has 1 amide bonds. The van der Waals surface area contributed by atoms with Crippen molar-refractivity contribution in [3.8, 4) is 0 Å². The van der Waals surface area contributed by atoms with Crippen molar-refractivity contribution in [3.63, 3.8) is 0 Å². The van der Waals surface area contributed by atoms with Crippen LogP contribution < -0.4 is 5.32 Å². The van der Waals surface area contributed by atoms with Gasteiger partial charge in [0.1, 0.15) is 12.8 Å². The molecule has 0 unspecified atom stereocenters. The normalized spacial score (nSPS) is 28.9. The maximum Gasteiger partial charge on any atom is 0.411 e. The van der Waals surface area contributed by atoms with E-state index in [0.29, 0.717) is 6.61 Å². The number of rotatable bonds is 3. The average molecular weight is 300 g/mol. The van der Waals surface area contributed by atoms with Crippen LogP contribution in [0.1, 0.15) is 5.56 Å². The molecule has 0 radical (unpaired) electrons. The van der Waals surface area contributed by atoms with E-state index in [1.54, 1.807) is 0 Å².